The summed E-state index contributed by atoms with van der Waals surface area (Å²) in [5.74, 6) is 0.419. The number of ether oxygens (including phenoxy) is 2. The molecule has 1 amide bonds. The number of carbonyl (C=O) groups is 2. The summed E-state index contributed by atoms with van der Waals surface area (Å²) in [4.78, 5) is 25.7. The van der Waals surface area contributed by atoms with Crippen molar-refractivity contribution in [2.24, 2.45) is 17.8 Å². The number of nitrogens with one attached hydrogen (secondary N) is 1. The minimum atomic E-state index is -0.808. The van der Waals surface area contributed by atoms with Crippen molar-refractivity contribution >= 4 is 18.0 Å². The van der Waals surface area contributed by atoms with Gasteiger partial charge < -0.3 is 14.8 Å². The van der Waals surface area contributed by atoms with Crippen molar-refractivity contribution in [3.05, 3.63) is 77.9 Å². The fraction of sp³-hybridized carbons (Fsp3) is 0.467. The first-order chi connectivity index (χ1) is 16.9. The van der Waals surface area contributed by atoms with Crippen LogP contribution in [0, 0.1) is 17.8 Å². The zero-order valence-electron chi connectivity index (χ0n) is 20.8. The van der Waals surface area contributed by atoms with Crippen LogP contribution in [0.1, 0.15) is 57.6 Å². The van der Waals surface area contributed by atoms with Gasteiger partial charge in [0, 0.05) is 24.8 Å². The van der Waals surface area contributed by atoms with Crippen LogP contribution < -0.4 is 5.32 Å². The van der Waals surface area contributed by atoms with E-state index < -0.39 is 17.3 Å². The molecule has 35 heavy (non-hydrogen) atoms. The summed E-state index contributed by atoms with van der Waals surface area (Å²) in [6, 6.07) is 19.7. The lowest BCUT2D eigenvalue weighted by Gasteiger charge is -2.51. The molecule has 2 aromatic carbocycles. The molecule has 0 aromatic heterocycles. The largest absolute Gasteiger partial charge is 0.455 e. The molecule has 2 aromatic rings. The van der Waals surface area contributed by atoms with Gasteiger partial charge in [0.15, 0.2) is 0 Å². The number of hydrogen-bond donors (Lipinski definition) is 1. The summed E-state index contributed by atoms with van der Waals surface area (Å²) in [7, 11) is 0. The molecule has 0 spiro atoms. The van der Waals surface area contributed by atoms with Crippen LogP contribution in [0.5, 0.6) is 0 Å². The fourth-order valence-electron chi connectivity index (χ4n) is 6.85. The number of esters is 1. The van der Waals surface area contributed by atoms with Crippen LogP contribution in [0.4, 0.5) is 0 Å². The second-order valence-electron chi connectivity index (χ2n) is 10.6. The maximum absolute atomic E-state index is 13.2. The molecule has 7 atom stereocenters. The Morgan fingerprint density at radius 2 is 1.77 bits per heavy atom. The van der Waals surface area contributed by atoms with E-state index in [1.54, 1.807) is 6.08 Å². The zero-order valence-corrected chi connectivity index (χ0v) is 20.8. The molecular formula is C30H35NO4. The summed E-state index contributed by atoms with van der Waals surface area (Å²) >= 11 is 0. The van der Waals surface area contributed by atoms with Crippen molar-refractivity contribution in [3.63, 3.8) is 0 Å². The Morgan fingerprint density at radius 1 is 1.09 bits per heavy atom. The Morgan fingerprint density at radius 3 is 2.46 bits per heavy atom. The average Bonchev–Trinajstić information content (AvgIpc) is 3.39. The second kappa shape index (κ2) is 9.27. The summed E-state index contributed by atoms with van der Waals surface area (Å²) in [5, 5.41) is 3.26. The second-order valence-corrected chi connectivity index (χ2v) is 10.6. The highest BCUT2D eigenvalue weighted by Crippen LogP contribution is 2.63. The molecule has 5 nitrogen and oxygen atoms in total. The van der Waals surface area contributed by atoms with Gasteiger partial charge in [-0.15, -0.1) is 0 Å². The van der Waals surface area contributed by atoms with E-state index in [0.29, 0.717) is 18.8 Å². The number of amides is 1. The Labute approximate surface area is 207 Å². The average molecular weight is 474 g/mol. The SMILES string of the molecule is CCC(=O)N[C@@H]1C[C@]2(c3ccccc3)O[C@@]1(C)[C@@H]1CCC(C)C1[C@@H]2OC(=O)/C=C/c1ccccc1. The molecule has 2 aliphatic heterocycles. The molecule has 2 saturated heterocycles. The highest BCUT2D eigenvalue weighted by Gasteiger charge is 2.71. The van der Waals surface area contributed by atoms with Gasteiger partial charge in [-0.3, -0.25) is 4.79 Å². The van der Waals surface area contributed by atoms with E-state index in [9.17, 15) is 9.59 Å². The third kappa shape index (κ3) is 4.10. The van der Waals surface area contributed by atoms with E-state index in [1.807, 2.05) is 55.5 Å². The number of fused-ring (bicyclic) bond motifs is 4. The molecule has 5 rings (SSSR count). The maximum Gasteiger partial charge on any atom is 0.331 e. The van der Waals surface area contributed by atoms with E-state index >= 15 is 0 Å². The molecule has 1 N–H and O–H groups in total. The van der Waals surface area contributed by atoms with Gasteiger partial charge in [0.2, 0.25) is 5.91 Å². The monoisotopic (exact) mass is 473 g/mol. The van der Waals surface area contributed by atoms with Crippen molar-refractivity contribution < 1.29 is 19.1 Å². The van der Waals surface area contributed by atoms with Crippen LogP contribution in [-0.2, 0) is 24.7 Å². The summed E-state index contributed by atoms with van der Waals surface area (Å²) in [5.41, 5.74) is 0.628. The third-order valence-corrected chi connectivity index (χ3v) is 8.57. The Kier molecular flexibility index (Phi) is 6.30. The molecule has 2 unspecified atom stereocenters. The lowest BCUT2D eigenvalue weighted by Crippen LogP contribution is -2.60. The minimum absolute atomic E-state index is 0.0255. The van der Waals surface area contributed by atoms with Gasteiger partial charge in [0.25, 0.3) is 0 Å². The van der Waals surface area contributed by atoms with Crippen LogP contribution in [0.25, 0.3) is 6.08 Å². The first-order valence-electron chi connectivity index (χ1n) is 12.9. The minimum Gasteiger partial charge on any atom is -0.455 e. The topological polar surface area (TPSA) is 64.6 Å². The van der Waals surface area contributed by atoms with Gasteiger partial charge in [0.1, 0.15) is 11.7 Å². The van der Waals surface area contributed by atoms with Gasteiger partial charge in [-0.1, -0.05) is 74.5 Å². The quantitative estimate of drug-likeness (QED) is 0.459. The fourth-order valence-corrected chi connectivity index (χ4v) is 6.85. The van der Waals surface area contributed by atoms with Gasteiger partial charge in [0.05, 0.1) is 11.6 Å². The van der Waals surface area contributed by atoms with Crippen LogP contribution >= 0.6 is 0 Å². The van der Waals surface area contributed by atoms with Gasteiger partial charge >= 0.3 is 5.97 Å². The first-order valence-corrected chi connectivity index (χ1v) is 12.9. The van der Waals surface area contributed by atoms with Crippen LogP contribution in [0.15, 0.2) is 66.7 Å². The van der Waals surface area contributed by atoms with Crippen molar-refractivity contribution in [2.75, 3.05) is 0 Å². The lowest BCUT2D eigenvalue weighted by molar-refractivity contribution is -0.251. The predicted octanol–water partition coefficient (Wildman–Crippen LogP) is 5.26. The maximum atomic E-state index is 13.2. The number of carbonyl (C=O) groups excluding carboxylic acids is 2. The highest BCUT2D eigenvalue weighted by atomic mass is 16.6. The van der Waals surface area contributed by atoms with Gasteiger partial charge in [-0.2, -0.15) is 0 Å². The molecule has 2 heterocycles. The van der Waals surface area contributed by atoms with E-state index in [-0.39, 0.29) is 29.8 Å². The van der Waals surface area contributed by atoms with Crippen LogP contribution in [-0.4, -0.2) is 29.6 Å². The summed E-state index contributed by atoms with van der Waals surface area (Å²) in [6.07, 6.45) is 5.94. The molecule has 1 aliphatic carbocycles. The Bertz CT molecular complexity index is 1100. The lowest BCUT2D eigenvalue weighted by atomic mass is 9.70. The highest BCUT2D eigenvalue weighted by molar-refractivity contribution is 5.87. The van der Waals surface area contributed by atoms with E-state index in [0.717, 1.165) is 24.0 Å². The number of hydrogen-bond acceptors (Lipinski definition) is 4. The van der Waals surface area contributed by atoms with E-state index in [4.69, 9.17) is 9.47 Å². The molecule has 1 saturated carbocycles. The standard InChI is InChI=1S/C30H35NO4/c1-4-25(32)31-24-19-30(22-13-9-6-10-14-22)28(27-20(2)15-17-23(27)29(24,3)35-30)34-26(33)18-16-21-11-7-5-8-12-21/h5-14,16,18,20,23-24,27-28H,4,15,17,19H2,1-3H3,(H,31,32)/b18-16+/t20?,23-,24-,27?,28+,29+,30-/m1/s1. The molecule has 3 fully saturated rings. The third-order valence-electron chi connectivity index (χ3n) is 8.57. The van der Waals surface area contributed by atoms with Crippen LogP contribution in [0.2, 0.25) is 0 Å². The van der Waals surface area contributed by atoms with E-state index in [1.165, 1.54) is 6.08 Å². The van der Waals surface area contributed by atoms with Gasteiger partial charge in [-0.25, -0.2) is 4.79 Å². The number of rotatable bonds is 6. The smallest absolute Gasteiger partial charge is 0.331 e. The van der Waals surface area contributed by atoms with Crippen molar-refractivity contribution in [3.8, 4) is 0 Å². The Hall–Kier alpha value is -2.92. The molecule has 0 radical (unpaired) electrons. The normalized spacial score (nSPS) is 35.6. The molecule has 2 bridgehead atoms. The molecule has 3 aliphatic rings. The molecule has 184 valence electrons. The summed E-state index contributed by atoms with van der Waals surface area (Å²) in [6.45, 7) is 6.29. The first kappa shape index (κ1) is 23.8. The van der Waals surface area contributed by atoms with Crippen LogP contribution in [0.3, 0.4) is 0 Å². The van der Waals surface area contributed by atoms with Crippen molar-refractivity contribution in [2.45, 2.75) is 69.8 Å². The van der Waals surface area contributed by atoms with Crippen molar-refractivity contribution in [1.82, 2.24) is 5.32 Å². The molecule has 5 heteroatoms. The molecular weight excluding hydrogens is 438 g/mol. The Balaban J connectivity index is 1.54. The van der Waals surface area contributed by atoms with Crippen molar-refractivity contribution in [1.29, 1.82) is 0 Å². The van der Waals surface area contributed by atoms with E-state index in [2.05, 4.69) is 31.3 Å². The summed E-state index contributed by atoms with van der Waals surface area (Å²) < 4.78 is 13.4. The predicted molar refractivity (Wildman–Crippen MR) is 135 cm³/mol. The number of benzene rings is 2. The zero-order chi connectivity index (χ0) is 24.6. The van der Waals surface area contributed by atoms with Gasteiger partial charge in [-0.05, 0) is 48.8 Å².